The van der Waals surface area contributed by atoms with Gasteiger partial charge in [0.1, 0.15) is 6.54 Å². The van der Waals surface area contributed by atoms with Crippen LogP contribution in [0.2, 0.25) is 0 Å². The van der Waals surface area contributed by atoms with Crippen molar-refractivity contribution in [1.29, 1.82) is 0 Å². The molecule has 0 unspecified atom stereocenters. The molecule has 1 heterocycles. The summed E-state index contributed by atoms with van der Waals surface area (Å²) in [6.45, 7) is 0.734. The van der Waals surface area contributed by atoms with E-state index in [1.54, 1.807) is 23.1 Å². The van der Waals surface area contributed by atoms with E-state index in [1.807, 2.05) is 0 Å². The minimum absolute atomic E-state index is 0.218. The van der Waals surface area contributed by atoms with Crippen molar-refractivity contribution in [3.8, 4) is 0 Å². The van der Waals surface area contributed by atoms with Crippen LogP contribution in [0, 0.1) is 0 Å². The number of carbonyl (C=O) groups excluding carboxylic acids is 1. The molecule has 0 spiro atoms. The highest BCUT2D eigenvalue weighted by Crippen LogP contribution is 1.98. The Bertz CT molecular complexity index is 378. The third-order valence-corrected chi connectivity index (χ3v) is 2.36. The first-order chi connectivity index (χ1) is 8.63. The van der Waals surface area contributed by atoms with Crippen LogP contribution in [0.1, 0.15) is 6.42 Å². The van der Waals surface area contributed by atoms with E-state index in [-0.39, 0.29) is 25.4 Å². The molecule has 1 N–H and O–H groups in total. The standard InChI is InChI=1S/C11H17N3O4/c1-18-8-7-13(9-11(16)17)10(15)3-6-14-5-2-4-12-14/h2,4-5H,3,6-9H2,1H3,(H,16,17). The number of aliphatic carboxylic acids is 1. The van der Waals surface area contributed by atoms with Gasteiger partial charge in [-0.2, -0.15) is 5.10 Å². The summed E-state index contributed by atoms with van der Waals surface area (Å²) in [4.78, 5) is 23.8. The number of carbonyl (C=O) groups is 2. The number of aromatic nitrogens is 2. The predicted octanol–water partition coefficient (Wildman–Crippen LogP) is -0.167. The zero-order valence-corrected chi connectivity index (χ0v) is 10.3. The van der Waals surface area contributed by atoms with Crippen LogP contribution < -0.4 is 0 Å². The minimum Gasteiger partial charge on any atom is -0.480 e. The van der Waals surface area contributed by atoms with Gasteiger partial charge in [0.2, 0.25) is 5.91 Å². The third kappa shape index (κ3) is 4.96. The molecule has 0 radical (unpaired) electrons. The summed E-state index contributed by atoms with van der Waals surface area (Å²) in [6.07, 6.45) is 3.60. The van der Waals surface area contributed by atoms with E-state index in [4.69, 9.17) is 9.84 Å². The average Bonchev–Trinajstić information content (AvgIpc) is 2.84. The van der Waals surface area contributed by atoms with Crippen molar-refractivity contribution < 1.29 is 19.4 Å². The maximum atomic E-state index is 11.8. The second-order valence-electron chi connectivity index (χ2n) is 3.72. The maximum absolute atomic E-state index is 11.8. The van der Waals surface area contributed by atoms with E-state index in [0.29, 0.717) is 13.2 Å². The molecule has 7 heteroatoms. The molecule has 7 nitrogen and oxygen atoms in total. The molecule has 1 aromatic heterocycles. The van der Waals surface area contributed by atoms with Gasteiger partial charge in [-0.1, -0.05) is 0 Å². The number of methoxy groups -OCH3 is 1. The Morgan fingerprint density at radius 1 is 1.50 bits per heavy atom. The normalized spacial score (nSPS) is 10.3. The second kappa shape index (κ2) is 7.44. The molecule has 1 aromatic rings. The number of carboxylic acids is 1. The first-order valence-corrected chi connectivity index (χ1v) is 5.59. The predicted molar refractivity (Wildman–Crippen MR) is 62.9 cm³/mol. The summed E-state index contributed by atoms with van der Waals surface area (Å²) in [6, 6.07) is 1.77. The van der Waals surface area contributed by atoms with Gasteiger partial charge in [-0.15, -0.1) is 0 Å². The molecule has 1 amide bonds. The highest BCUT2D eigenvalue weighted by Gasteiger charge is 2.16. The van der Waals surface area contributed by atoms with Crippen LogP contribution in [-0.4, -0.2) is 58.5 Å². The summed E-state index contributed by atoms with van der Waals surface area (Å²) >= 11 is 0. The SMILES string of the molecule is COCCN(CC(=O)O)C(=O)CCn1cccn1. The molecule has 0 bridgehead atoms. The molecule has 100 valence electrons. The summed E-state index contributed by atoms with van der Waals surface area (Å²) in [7, 11) is 1.51. The summed E-state index contributed by atoms with van der Waals surface area (Å²) in [5, 5.41) is 12.7. The largest absolute Gasteiger partial charge is 0.480 e. The van der Waals surface area contributed by atoms with Crippen LogP contribution in [0.15, 0.2) is 18.5 Å². The summed E-state index contributed by atoms with van der Waals surface area (Å²) < 4.78 is 6.48. The highest BCUT2D eigenvalue weighted by molar-refractivity contribution is 5.81. The summed E-state index contributed by atoms with van der Waals surface area (Å²) in [5.41, 5.74) is 0. The van der Waals surface area contributed by atoms with Crippen molar-refractivity contribution in [1.82, 2.24) is 14.7 Å². The third-order valence-electron chi connectivity index (χ3n) is 2.36. The Morgan fingerprint density at radius 3 is 2.83 bits per heavy atom. The maximum Gasteiger partial charge on any atom is 0.323 e. The van der Waals surface area contributed by atoms with Crippen LogP contribution in [0.3, 0.4) is 0 Å². The van der Waals surface area contributed by atoms with Gasteiger partial charge in [-0.25, -0.2) is 0 Å². The number of nitrogens with zero attached hydrogens (tertiary/aromatic N) is 3. The molecule has 0 saturated heterocycles. The van der Waals surface area contributed by atoms with Crippen molar-refractivity contribution in [3.63, 3.8) is 0 Å². The number of amides is 1. The number of hydrogen-bond donors (Lipinski definition) is 1. The topological polar surface area (TPSA) is 84.7 Å². The van der Waals surface area contributed by atoms with Crippen molar-refractivity contribution in [2.75, 3.05) is 26.8 Å². The molecular formula is C11H17N3O4. The van der Waals surface area contributed by atoms with E-state index < -0.39 is 5.97 Å². The number of hydrogen-bond acceptors (Lipinski definition) is 4. The van der Waals surface area contributed by atoms with Crippen molar-refractivity contribution in [3.05, 3.63) is 18.5 Å². The lowest BCUT2D eigenvalue weighted by molar-refractivity contribution is -0.145. The Balaban J connectivity index is 2.44. The molecule has 0 fully saturated rings. The zero-order chi connectivity index (χ0) is 13.4. The van der Waals surface area contributed by atoms with Crippen molar-refractivity contribution >= 4 is 11.9 Å². The number of carboxylic acid groups (broad SMARTS) is 1. The lowest BCUT2D eigenvalue weighted by atomic mass is 10.3. The molecule has 18 heavy (non-hydrogen) atoms. The van der Waals surface area contributed by atoms with Gasteiger partial charge < -0.3 is 14.7 Å². The van der Waals surface area contributed by atoms with E-state index in [1.165, 1.54) is 12.0 Å². The first kappa shape index (κ1) is 14.2. The Morgan fingerprint density at radius 2 is 2.28 bits per heavy atom. The van der Waals surface area contributed by atoms with Gasteiger partial charge in [0, 0.05) is 39.0 Å². The van der Waals surface area contributed by atoms with Gasteiger partial charge in [-0.3, -0.25) is 14.3 Å². The fourth-order valence-electron chi connectivity index (χ4n) is 1.46. The Hall–Kier alpha value is -1.89. The lowest BCUT2D eigenvalue weighted by Crippen LogP contribution is -2.38. The molecular weight excluding hydrogens is 238 g/mol. The number of ether oxygens (including phenoxy) is 1. The van der Waals surface area contributed by atoms with Gasteiger partial charge in [0.25, 0.3) is 0 Å². The second-order valence-corrected chi connectivity index (χ2v) is 3.72. The summed E-state index contributed by atoms with van der Waals surface area (Å²) in [5.74, 6) is -1.25. The van der Waals surface area contributed by atoms with Gasteiger partial charge in [0.05, 0.1) is 6.61 Å². The fourth-order valence-corrected chi connectivity index (χ4v) is 1.46. The van der Waals surface area contributed by atoms with E-state index in [0.717, 1.165) is 0 Å². The van der Waals surface area contributed by atoms with Crippen LogP contribution in [-0.2, 0) is 20.9 Å². The zero-order valence-electron chi connectivity index (χ0n) is 10.3. The molecule has 0 aromatic carbocycles. The van der Waals surface area contributed by atoms with Gasteiger partial charge in [0.15, 0.2) is 0 Å². The lowest BCUT2D eigenvalue weighted by Gasteiger charge is -2.20. The smallest absolute Gasteiger partial charge is 0.323 e. The molecule has 0 aliphatic rings. The fraction of sp³-hybridized carbons (Fsp3) is 0.545. The monoisotopic (exact) mass is 255 g/mol. The number of aryl methyl sites for hydroxylation is 1. The first-order valence-electron chi connectivity index (χ1n) is 5.59. The van der Waals surface area contributed by atoms with Gasteiger partial charge >= 0.3 is 5.97 Å². The van der Waals surface area contributed by atoms with Crippen molar-refractivity contribution in [2.45, 2.75) is 13.0 Å². The highest BCUT2D eigenvalue weighted by atomic mass is 16.5. The molecule has 1 rings (SSSR count). The molecule has 0 saturated carbocycles. The van der Waals surface area contributed by atoms with E-state index in [9.17, 15) is 9.59 Å². The molecule has 0 aliphatic carbocycles. The number of rotatable bonds is 8. The Labute approximate surface area is 105 Å². The quantitative estimate of drug-likeness (QED) is 0.697. The van der Waals surface area contributed by atoms with Crippen LogP contribution >= 0.6 is 0 Å². The van der Waals surface area contributed by atoms with E-state index in [2.05, 4.69) is 5.10 Å². The van der Waals surface area contributed by atoms with Crippen molar-refractivity contribution in [2.24, 2.45) is 0 Å². The van der Waals surface area contributed by atoms with E-state index >= 15 is 0 Å². The Kier molecular flexibility index (Phi) is 5.86. The molecule has 0 atom stereocenters. The van der Waals surface area contributed by atoms with Crippen LogP contribution in [0.4, 0.5) is 0 Å². The van der Waals surface area contributed by atoms with Crippen LogP contribution in [0.5, 0.6) is 0 Å². The van der Waals surface area contributed by atoms with Gasteiger partial charge in [-0.05, 0) is 6.07 Å². The molecule has 0 aliphatic heterocycles. The average molecular weight is 255 g/mol. The minimum atomic E-state index is -1.03. The van der Waals surface area contributed by atoms with Crippen LogP contribution in [0.25, 0.3) is 0 Å².